The molecule has 22 heavy (non-hydrogen) atoms. The van der Waals surface area contributed by atoms with Crippen LogP contribution in [0, 0.1) is 0 Å². The summed E-state index contributed by atoms with van der Waals surface area (Å²) >= 11 is 0. The molecule has 0 fully saturated rings. The number of rotatable bonds is 7. The van der Waals surface area contributed by atoms with E-state index in [1.54, 1.807) is 7.05 Å². The average molecular weight is 308 g/mol. The van der Waals surface area contributed by atoms with Gasteiger partial charge in [-0.1, -0.05) is 30.6 Å². The van der Waals surface area contributed by atoms with Crippen LogP contribution in [0.2, 0.25) is 0 Å². The lowest BCUT2D eigenvalue weighted by molar-refractivity contribution is -0.169. The van der Waals surface area contributed by atoms with Crippen molar-refractivity contribution >= 4 is 5.84 Å². The van der Waals surface area contributed by atoms with Gasteiger partial charge in [0.15, 0.2) is 5.84 Å². The molecule has 0 unspecified atom stereocenters. The normalized spacial score (nSPS) is 12.3. The summed E-state index contributed by atoms with van der Waals surface area (Å²) in [6.07, 6.45) is 2.66. The third-order valence-corrected chi connectivity index (χ3v) is 2.94. The lowest BCUT2D eigenvalue weighted by Gasteiger charge is -2.28. The van der Waals surface area contributed by atoms with Crippen molar-refractivity contribution in [3.63, 3.8) is 0 Å². The van der Waals surface area contributed by atoms with Crippen LogP contribution in [0.25, 0.3) is 0 Å². The highest BCUT2D eigenvalue weighted by atomic mass is 16.7. The van der Waals surface area contributed by atoms with E-state index in [1.165, 1.54) is 5.06 Å². The van der Waals surface area contributed by atoms with Crippen LogP contribution in [-0.4, -0.2) is 35.4 Å². The molecule has 0 bridgehead atoms. The number of ether oxygens (including phenoxy) is 1. The summed E-state index contributed by atoms with van der Waals surface area (Å²) in [6.45, 7) is 8.71. The van der Waals surface area contributed by atoms with Gasteiger partial charge in [0.1, 0.15) is 5.75 Å². The number of nitrogens with zero attached hydrogens (tertiary/aromatic N) is 2. The Hall–Kier alpha value is -1.75. The number of hydrogen-bond acceptors (Lipinski definition) is 4. The zero-order valence-corrected chi connectivity index (χ0v) is 14.3. The molecule has 0 spiro atoms. The van der Waals surface area contributed by atoms with E-state index in [4.69, 9.17) is 9.57 Å². The van der Waals surface area contributed by atoms with Crippen molar-refractivity contribution in [3.8, 4) is 5.75 Å². The minimum Gasteiger partial charge on any atom is -0.494 e. The molecule has 1 N–H and O–H groups in total. The second-order valence-corrected chi connectivity index (χ2v) is 6.24. The van der Waals surface area contributed by atoms with Crippen LogP contribution in [0.15, 0.2) is 29.4 Å². The first-order valence-electron chi connectivity index (χ1n) is 7.71. The van der Waals surface area contributed by atoms with E-state index in [2.05, 4.69) is 12.1 Å². The van der Waals surface area contributed by atoms with Gasteiger partial charge in [-0.2, -0.15) is 0 Å². The summed E-state index contributed by atoms with van der Waals surface area (Å²) in [5, 5.41) is 14.0. The Balaban J connectivity index is 2.60. The van der Waals surface area contributed by atoms with E-state index < -0.39 is 0 Å². The summed E-state index contributed by atoms with van der Waals surface area (Å²) in [6, 6.07) is 7.81. The predicted octanol–water partition coefficient (Wildman–Crippen LogP) is 3.86. The highest BCUT2D eigenvalue weighted by molar-refractivity contribution is 5.82. The standard InChI is InChI=1S/C17H28N2O3/c1-6-7-12-21-15-10-8-14(9-11-15)13-16(18-20)19(5)22-17(2,3)4/h8-11,20H,6-7,12-13H2,1-5H3/b18-16-. The Morgan fingerprint density at radius 3 is 2.36 bits per heavy atom. The van der Waals surface area contributed by atoms with Gasteiger partial charge in [-0.3, -0.25) is 4.84 Å². The number of oxime groups is 1. The molecule has 0 radical (unpaired) electrons. The third-order valence-electron chi connectivity index (χ3n) is 2.94. The highest BCUT2D eigenvalue weighted by Gasteiger charge is 2.18. The summed E-state index contributed by atoms with van der Waals surface area (Å²) < 4.78 is 5.63. The van der Waals surface area contributed by atoms with Gasteiger partial charge in [-0.25, -0.2) is 5.06 Å². The Kier molecular flexibility index (Phi) is 7.18. The molecule has 0 aromatic heterocycles. The highest BCUT2D eigenvalue weighted by Crippen LogP contribution is 2.15. The predicted molar refractivity (Wildman–Crippen MR) is 88.4 cm³/mol. The first-order valence-corrected chi connectivity index (χ1v) is 7.71. The smallest absolute Gasteiger partial charge is 0.172 e. The summed E-state index contributed by atoms with van der Waals surface area (Å²) in [7, 11) is 1.74. The topological polar surface area (TPSA) is 54.3 Å². The lowest BCUT2D eigenvalue weighted by Crippen LogP contribution is -2.36. The zero-order valence-electron chi connectivity index (χ0n) is 14.3. The number of likely N-dealkylation sites (N-methyl/N-ethyl adjacent to an activating group) is 1. The van der Waals surface area contributed by atoms with Gasteiger partial charge in [0, 0.05) is 13.5 Å². The fourth-order valence-corrected chi connectivity index (χ4v) is 1.89. The van der Waals surface area contributed by atoms with E-state index in [0.717, 1.165) is 30.8 Å². The molecule has 5 heteroatoms. The molecule has 1 aromatic carbocycles. The fraction of sp³-hybridized carbons (Fsp3) is 0.588. The molecule has 0 saturated heterocycles. The van der Waals surface area contributed by atoms with Crippen molar-refractivity contribution in [2.24, 2.45) is 5.16 Å². The van der Waals surface area contributed by atoms with Gasteiger partial charge < -0.3 is 9.94 Å². The second kappa shape index (κ2) is 8.63. The van der Waals surface area contributed by atoms with Crippen LogP contribution in [0.1, 0.15) is 46.1 Å². The number of benzene rings is 1. The molecule has 0 atom stereocenters. The largest absolute Gasteiger partial charge is 0.494 e. The molecule has 1 aromatic rings. The molecule has 0 aliphatic rings. The molecule has 0 saturated carbocycles. The number of amidine groups is 1. The van der Waals surface area contributed by atoms with Crippen LogP contribution in [0.3, 0.4) is 0 Å². The van der Waals surface area contributed by atoms with Crippen molar-refractivity contribution < 1.29 is 14.8 Å². The molecular formula is C17H28N2O3. The van der Waals surface area contributed by atoms with Crippen molar-refractivity contribution in [1.82, 2.24) is 5.06 Å². The average Bonchev–Trinajstić information content (AvgIpc) is 2.44. The van der Waals surface area contributed by atoms with Crippen LogP contribution in [0.4, 0.5) is 0 Å². The van der Waals surface area contributed by atoms with Gasteiger partial charge in [-0.05, 0) is 44.9 Å². The molecule has 5 nitrogen and oxygen atoms in total. The third kappa shape index (κ3) is 6.80. The first-order chi connectivity index (χ1) is 10.4. The van der Waals surface area contributed by atoms with Gasteiger partial charge in [0.2, 0.25) is 0 Å². The van der Waals surface area contributed by atoms with E-state index in [-0.39, 0.29) is 5.60 Å². The van der Waals surface area contributed by atoms with E-state index >= 15 is 0 Å². The Bertz CT molecular complexity index is 464. The van der Waals surface area contributed by atoms with E-state index in [1.807, 2.05) is 45.0 Å². The maximum absolute atomic E-state index is 9.19. The molecular weight excluding hydrogens is 280 g/mol. The van der Waals surface area contributed by atoms with Gasteiger partial charge in [0.25, 0.3) is 0 Å². The molecule has 0 heterocycles. The maximum Gasteiger partial charge on any atom is 0.172 e. The number of unbranched alkanes of at least 4 members (excludes halogenated alkanes) is 1. The lowest BCUT2D eigenvalue weighted by atomic mass is 10.1. The van der Waals surface area contributed by atoms with Gasteiger partial charge >= 0.3 is 0 Å². The molecule has 0 aliphatic carbocycles. The van der Waals surface area contributed by atoms with Crippen LogP contribution >= 0.6 is 0 Å². The van der Waals surface area contributed by atoms with Crippen LogP contribution in [0.5, 0.6) is 5.75 Å². The molecule has 0 aliphatic heterocycles. The second-order valence-electron chi connectivity index (χ2n) is 6.24. The van der Waals surface area contributed by atoms with Gasteiger partial charge in [0.05, 0.1) is 12.2 Å². The van der Waals surface area contributed by atoms with E-state index in [9.17, 15) is 5.21 Å². The van der Waals surface area contributed by atoms with E-state index in [0.29, 0.717) is 12.3 Å². The van der Waals surface area contributed by atoms with Crippen LogP contribution < -0.4 is 4.74 Å². The number of hydrogen-bond donors (Lipinski definition) is 1. The Morgan fingerprint density at radius 1 is 1.23 bits per heavy atom. The SMILES string of the molecule is CCCCOc1ccc(C/C(=N/O)N(C)OC(C)(C)C)cc1. The summed E-state index contributed by atoms with van der Waals surface area (Å²) in [5.41, 5.74) is 0.682. The molecule has 124 valence electrons. The monoisotopic (exact) mass is 308 g/mol. The minimum absolute atomic E-state index is 0.346. The fourth-order valence-electron chi connectivity index (χ4n) is 1.89. The number of hydroxylamine groups is 2. The van der Waals surface area contributed by atoms with Crippen molar-refractivity contribution in [3.05, 3.63) is 29.8 Å². The van der Waals surface area contributed by atoms with Crippen molar-refractivity contribution in [2.45, 2.75) is 52.6 Å². The first kappa shape index (κ1) is 18.3. The minimum atomic E-state index is -0.346. The Morgan fingerprint density at radius 2 is 1.86 bits per heavy atom. The molecule has 1 rings (SSSR count). The van der Waals surface area contributed by atoms with Crippen molar-refractivity contribution in [2.75, 3.05) is 13.7 Å². The zero-order chi connectivity index (χ0) is 16.6. The van der Waals surface area contributed by atoms with Crippen LogP contribution in [-0.2, 0) is 11.3 Å². The summed E-state index contributed by atoms with van der Waals surface area (Å²) in [4.78, 5) is 5.67. The van der Waals surface area contributed by atoms with Crippen molar-refractivity contribution in [1.29, 1.82) is 0 Å². The van der Waals surface area contributed by atoms with Gasteiger partial charge in [-0.15, -0.1) is 0 Å². The quantitative estimate of drug-likeness (QED) is 0.273. The summed E-state index contributed by atoms with van der Waals surface area (Å²) in [5.74, 6) is 1.31. The molecule has 0 amide bonds. The Labute approximate surface area is 133 Å². The maximum atomic E-state index is 9.19.